The Morgan fingerprint density at radius 2 is 1.96 bits per heavy atom. The van der Waals surface area contributed by atoms with Crippen molar-refractivity contribution in [1.82, 2.24) is 5.32 Å². The first-order valence-corrected chi connectivity index (χ1v) is 9.89. The fourth-order valence-corrected chi connectivity index (χ4v) is 4.48. The molecule has 0 spiro atoms. The third kappa shape index (κ3) is 4.13. The third-order valence-corrected chi connectivity index (χ3v) is 6.29. The van der Waals surface area contributed by atoms with Gasteiger partial charge in [-0.15, -0.1) is 0 Å². The number of carboxylic acids is 1. The SMILES string of the molecule is Cc1ccc(Sc2ccccc2N2CCNCC2C(C)(O)C(=O)O)c(C)c1. The Balaban J connectivity index is 1.97. The van der Waals surface area contributed by atoms with Crippen molar-refractivity contribution in [2.45, 2.75) is 42.2 Å². The number of para-hydroxylation sites is 1. The Morgan fingerprint density at radius 3 is 2.67 bits per heavy atom. The van der Waals surface area contributed by atoms with Crippen LogP contribution >= 0.6 is 11.8 Å². The predicted octanol–water partition coefficient (Wildman–Crippen LogP) is 3.07. The molecule has 2 unspecified atom stereocenters. The van der Waals surface area contributed by atoms with E-state index in [4.69, 9.17) is 0 Å². The molecule has 2 atom stereocenters. The number of rotatable bonds is 5. The minimum absolute atomic E-state index is 0.419. The van der Waals surface area contributed by atoms with Crippen molar-refractivity contribution in [3.05, 3.63) is 53.6 Å². The molecule has 144 valence electrons. The zero-order valence-electron chi connectivity index (χ0n) is 15.9. The Bertz CT molecular complexity index is 838. The molecule has 3 N–H and O–H groups in total. The molecular weight excluding hydrogens is 360 g/mol. The summed E-state index contributed by atoms with van der Waals surface area (Å²) in [5.74, 6) is -1.21. The van der Waals surface area contributed by atoms with E-state index in [9.17, 15) is 15.0 Å². The lowest BCUT2D eigenvalue weighted by atomic mass is 9.93. The molecule has 0 radical (unpaired) electrons. The van der Waals surface area contributed by atoms with Gasteiger partial charge in [0.05, 0.1) is 11.7 Å². The van der Waals surface area contributed by atoms with Crippen LogP contribution in [0.3, 0.4) is 0 Å². The molecule has 0 aliphatic carbocycles. The van der Waals surface area contributed by atoms with Gasteiger partial charge in [-0.3, -0.25) is 0 Å². The molecule has 2 aromatic carbocycles. The number of aliphatic carboxylic acids is 1. The molecule has 27 heavy (non-hydrogen) atoms. The minimum Gasteiger partial charge on any atom is -0.479 e. The average Bonchev–Trinajstić information content (AvgIpc) is 2.64. The molecule has 0 amide bonds. The van der Waals surface area contributed by atoms with Crippen molar-refractivity contribution < 1.29 is 15.0 Å². The van der Waals surface area contributed by atoms with Gasteiger partial charge >= 0.3 is 5.97 Å². The monoisotopic (exact) mass is 386 g/mol. The van der Waals surface area contributed by atoms with Gasteiger partial charge in [0.2, 0.25) is 0 Å². The summed E-state index contributed by atoms with van der Waals surface area (Å²) in [5.41, 5.74) is 1.55. The number of nitrogens with one attached hydrogen (secondary N) is 1. The van der Waals surface area contributed by atoms with E-state index in [-0.39, 0.29) is 0 Å². The number of aliphatic hydroxyl groups is 1. The highest BCUT2D eigenvalue weighted by Gasteiger charge is 2.44. The number of anilines is 1. The van der Waals surface area contributed by atoms with Crippen molar-refractivity contribution in [2.75, 3.05) is 24.5 Å². The largest absolute Gasteiger partial charge is 0.479 e. The van der Waals surface area contributed by atoms with Crippen LogP contribution < -0.4 is 10.2 Å². The third-order valence-electron chi connectivity index (χ3n) is 5.05. The summed E-state index contributed by atoms with van der Waals surface area (Å²) in [7, 11) is 0. The first-order valence-electron chi connectivity index (χ1n) is 9.08. The summed E-state index contributed by atoms with van der Waals surface area (Å²) >= 11 is 1.67. The van der Waals surface area contributed by atoms with E-state index in [0.29, 0.717) is 13.1 Å². The lowest BCUT2D eigenvalue weighted by Crippen LogP contribution is -2.64. The molecule has 1 fully saturated rings. The van der Waals surface area contributed by atoms with Crippen molar-refractivity contribution >= 4 is 23.4 Å². The number of benzene rings is 2. The Morgan fingerprint density at radius 1 is 1.22 bits per heavy atom. The van der Waals surface area contributed by atoms with Gasteiger partial charge in [0.1, 0.15) is 0 Å². The molecule has 0 saturated carbocycles. The topological polar surface area (TPSA) is 72.8 Å². The number of carboxylic acid groups (broad SMARTS) is 1. The highest BCUT2D eigenvalue weighted by atomic mass is 32.2. The van der Waals surface area contributed by atoms with Crippen molar-refractivity contribution in [3.8, 4) is 0 Å². The Kier molecular flexibility index (Phi) is 5.79. The van der Waals surface area contributed by atoms with E-state index in [1.165, 1.54) is 22.9 Å². The maximum Gasteiger partial charge on any atom is 0.337 e. The molecule has 0 aromatic heterocycles. The lowest BCUT2D eigenvalue weighted by molar-refractivity contribution is -0.159. The molecule has 1 saturated heterocycles. The average molecular weight is 387 g/mol. The highest BCUT2D eigenvalue weighted by Crippen LogP contribution is 2.39. The van der Waals surface area contributed by atoms with Gasteiger partial charge in [0.25, 0.3) is 0 Å². The minimum atomic E-state index is -1.84. The molecule has 2 aromatic rings. The molecule has 1 heterocycles. The van der Waals surface area contributed by atoms with Crippen LogP contribution in [0.4, 0.5) is 5.69 Å². The van der Waals surface area contributed by atoms with Crippen molar-refractivity contribution in [3.63, 3.8) is 0 Å². The van der Waals surface area contributed by atoms with E-state index in [1.807, 2.05) is 29.2 Å². The standard InChI is InChI=1S/C21H26N2O3S/c1-14-8-9-17(15(2)12-14)27-18-7-5-4-6-16(18)23-11-10-22-13-19(23)21(3,26)20(24)25/h4-9,12,19,22,26H,10-11,13H2,1-3H3,(H,24,25). The number of hydrogen-bond donors (Lipinski definition) is 3. The second-order valence-corrected chi connectivity index (χ2v) is 8.29. The van der Waals surface area contributed by atoms with Gasteiger partial charge < -0.3 is 20.4 Å². The number of piperazine rings is 1. The number of hydrogen-bond acceptors (Lipinski definition) is 5. The molecular formula is C21H26N2O3S. The van der Waals surface area contributed by atoms with Crippen molar-refractivity contribution in [2.24, 2.45) is 0 Å². The smallest absolute Gasteiger partial charge is 0.337 e. The first-order chi connectivity index (χ1) is 12.8. The van der Waals surface area contributed by atoms with Gasteiger partial charge in [0, 0.05) is 29.4 Å². The number of aryl methyl sites for hydroxylation is 2. The van der Waals surface area contributed by atoms with Gasteiger partial charge in [-0.25, -0.2) is 4.79 Å². The van der Waals surface area contributed by atoms with E-state index >= 15 is 0 Å². The number of nitrogens with zero attached hydrogens (tertiary/aromatic N) is 1. The normalized spacial score (nSPS) is 19.6. The van der Waals surface area contributed by atoms with Crippen LogP contribution in [0.2, 0.25) is 0 Å². The van der Waals surface area contributed by atoms with Crippen LogP contribution in [0.15, 0.2) is 52.3 Å². The quantitative estimate of drug-likeness (QED) is 0.734. The predicted molar refractivity (Wildman–Crippen MR) is 109 cm³/mol. The zero-order valence-corrected chi connectivity index (χ0v) is 16.7. The van der Waals surface area contributed by atoms with Gasteiger partial charge in [0.15, 0.2) is 5.60 Å². The first kappa shape index (κ1) is 19.7. The van der Waals surface area contributed by atoms with Gasteiger partial charge in [-0.2, -0.15) is 0 Å². The highest BCUT2D eigenvalue weighted by molar-refractivity contribution is 7.99. The van der Waals surface area contributed by atoms with Crippen LogP contribution in [0.1, 0.15) is 18.1 Å². The second kappa shape index (κ2) is 7.92. The molecule has 6 heteroatoms. The molecule has 5 nitrogen and oxygen atoms in total. The maximum atomic E-state index is 11.6. The fourth-order valence-electron chi connectivity index (χ4n) is 3.45. The van der Waals surface area contributed by atoms with Gasteiger partial charge in [-0.05, 0) is 44.5 Å². The summed E-state index contributed by atoms with van der Waals surface area (Å²) < 4.78 is 0. The lowest BCUT2D eigenvalue weighted by Gasteiger charge is -2.44. The Hall–Kier alpha value is -2.02. The van der Waals surface area contributed by atoms with Crippen LogP contribution in [0, 0.1) is 13.8 Å². The zero-order chi connectivity index (χ0) is 19.6. The maximum absolute atomic E-state index is 11.6. The van der Waals surface area contributed by atoms with Crippen molar-refractivity contribution in [1.29, 1.82) is 0 Å². The van der Waals surface area contributed by atoms with E-state index in [1.54, 1.807) is 11.8 Å². The summed E-state index contributed by atoms with van der Waals surface area (Å²) in [6.07, 6.45) is 0. The summed E-state index contributed by atoms with van der Waals surface area (Å²) in [5, 5.41) is 23.3. The van der Waals surface area contributed by atoms with E-state index < -0.39 is 17.6 Å². The fraction of sp³-hybridized carbons (Fsp3) is 0.381. The summed E-state index contributed by atoms with van der Waals surface area (Å²) in [4.78, 5) is 15.9. The Labute approximate surface area is 164 Å². The van der Waals surface area contributed by atoms with Crippen LogP contribution in [0.5, 0.6) is 0 Å². The molecule has 0 bridgehead atoms. The van der Waals surface area contributed by atoms with E-state index in [0.717, 1.165) is 17.1 Å². The summed E-state index contributed by atoms with van der Waals surface area (Å²) in [6, 6.07) is 13.8. The van der Waals surface area contributed by atoms with E-state index in [2.05, 4.69) is 37.4 Å². The van der Waals surface area contributed by atoms with Gasteiger partial charge in [-0.1, -0.05) is 41.6 Å². The van der Waals surface area contributed by atoms with Crippen LogP contribution in [-0.2, 0) is 4.79 Å². The molecule has 1 aliphatic rings. The molecule has 3 rings (SSSR count). The van der Waals surface area contributed by atoms with Crippen LogP contribution in [0.25, 0.3) is 0 Å². The second-order valence-electron chi connectivity index (χ2n) is 7.20. The number of carbonyl (C=O) groups is 1. The van der Waals surface area contributed by atoms with Crippen LogP contribution in [-0.4, -0.2) is 47.5 Å². The molecule has 1 aliphatic heterocycles. The summed E-state index contributed by atoms with van der Waals surface area (Å²) in [6.45, 7) is 7.35.